The van der Waals surface area contributed by atoms with Gasteiger partial charge in [-0.05, 0) is 51.4 Å². The Morgan fingerprint density at radius 1 is 0.682 bits per heavy atom. The Balaban J connectivity index is 1.59. The molecular weight excluding hydrogens is 272 g/mol. The quantitative estimate of drug-likeness (QED) is 0.591. The molecule has 0 atom stereocenters. The number of rotatable bonds is 3. The van der Waals surface area contributed by atoms with Crippen molar-refractivity contribution < 1.29 is 4.74 Å². The maximum Gasteiger partial charge on any atom is 0.285 e. The Bertz CT molecular complexity index is 315. The summed E-state index contributed by atoms with van der Waals surface area (Å²) in [5, 5.41) is 3.68. The second kappa shape index (κ2) is 8.79. The van der Waals surface area contributed by atoms with Crippen LogP contribution in [0.25, 0.3) is 0 Å². The molecule has 3 fully saturated rings. The van der Waals surface area contributed by atoms with Crippen molar-refractivity contribution in [1.29, 1.82) is 0 Å². The van der Waals surface area contributed by atoms with E-state index in [1.165, 1.54) is 96.3 Å². The van der Waals surface area contributed by atoms with Crippen LogP contribution >= 0.6 is 0 Å². The fourth-order valence-corrected chi connectivity index (χ4v) is 4.24. The topological polar surface area (TPSA) is 33.6 Å². The van der Waals surface area contributed by atoms with Crippen LogP contribution in [-0.2, 0) is 4.74 Å². The lowest BCUT2D eigenvalue weighted by atomic mass is 9.95. The van der Waals surface area contributed by atoms with E-state index in [1.54, 1.807) is 0 Å². The number of ether oxygens (including phenoxy) is 1. The van der Waals surface area contributed by atoms with Crippen LogP contribution in [0.5, 0.6) is 0 Å². The van der Waals surface area contributed by atoms with Crippen LogP contribution in [0, 0.1) is 0 Å². The SMILES string of the molecule is C1CCC(N=C(NC2CCCCC2)OC2CCCCC2)CC1. The first-order valence-electron chi connectivity index (χ1n) is 9.91. The fourth-order valence-electron chi connectivity index (χ4n) is 4.24. The van der Waals surface area contributed by atoms with Gasteiger partial charge in [-0.2, -0.15) is 0 Å². The summed E-state index contributed by atoms with van der Waals surface area (Å²) in [6.07, 6.45) is 20.2. The fraction of sp³-hybridized carbons (Fsp3) is 0.947. The standard InChI is InChI=1S/C19H34N2O/c1-4-10-16(11-5-1)20-19(21-17-12-6-2-7-13-17)22-18-14-8-3-9-15-18/h16-18H,1-15H2,(H,20,21). The molecule has 0 amide bonds. The van der Waals surface area contributed by atoms with E-state index in [0.717, 1.165) is 6.02 Å². The summed E-state index contributed by atoms with van der Waals surface area (Å²) in [4.78, 5) is 5.01. The lowest BCUT2D eigenvalue weighted by Crippen LogP contribution is -2.40. The van der Waals surface area contributed by atoms with Crippen LogP contribution in [0.2, 0.25) is 0 Å². The molecule has 3 aliphatic carbocycles. The lowest BCUT2D eigenvalue weighted by Gasteiger charge is -2.29. The van der Waals surface area contributed by atoms with Gasteiger partial charge in [0, 0.05) is 6.04 Å². The van der Waals surface area contributed by atoms with Crippen molar-refractivity contribution in [2.75, 3.05) is 0 Å². The molecule has 3 nitrogen and oxygen atoms in total. The summed E-state index contributed by atoms with van der Waals surface area (Å²) in [6, 6.07) is 1.99. The van der Waals surface area contributed by atoms with Gasteiger partial charge in [0.2, 0.25) is 0 Å². The van der Waals surface area contributed by atoms with Gasteiger partial charge in [0.15, 0.2) is 0 Å². The second-order valence-corrected chi connectivity index (χ2v) is 7.58. The van der Waals surface area contributed by atoms with E-state index in [2.05, 4.69) is 5.32 Å². The van der Waals surface area contributed by atoms with Crippen molar-refractivity contribution in [2.24, 2.45) is 4.99 Å². The Hall–Kier alpha value is -0.730. The van der Waals surface area contributed by atoms with Gasteiger partial charge in [-0.15, -0.1) is 0 Å². The number of aliphatic imine (C=N–C) groups is 1. The van der Waals surface area contributed by atoms with Crippen molar-refractivity contribution in [1.82, 2.24) is 5.32 Å². The zero-order valence-corrected chi connectivity index (χ0v) is 14.2. The minimum atomic E-state index is 0.409. The third-order valence-corrected chi connectivity index (χ3v) is 5.64. The molecule has 126 valence electrons. The van der Waals surface area contributed by atoms with Crippen molar-refractivity contribution in [3.63, 3.8) is 0 Å². The molecule has 3 aliphatic rings. The molecule has 22 heavy (non-hydrogen) atoms. The molecule has 1 N–H and O–H groups in total. The molecule has 0 heterocycles. The minimum Gasteiger partial charge on any atom is -0.462 e. The first-order chi connectivity index (χ1) is 10.9. The van der Waals surface area contributed by atoms with Crippen LogP contribution in [0.1, 0.15) is 96.3 Å². The number of nitrogens with zero attached hydrogens (tertiary/aromatic N) is 1. The van der Waals surface area contributed by atoms with E-state index >= 15 is 0 Å². The van der Waals surface area contributed by atoms with E-state index in [4.69, 9.17) is 9.73 Å². The van der Waals surface area contributed by atoms with Gasteiger partial charge < -0.3 is 10.1 Å². The van der Waals surface area contributed by atoms with Gasteiger partial charge in [0.25, 0.3) is 6.02 Å². The summed E-state index contributed by atoms with van der Waals surface area (Å²) in [5.74, 6) is 0. The molecule has 0 spiro atoms. The molecular formula is C19H34N2O. The average molecular weight is 306 g/mol. The lowest BCUT2D eigenvalue weighted by molar-refractivity contribution is 0.130. The van der Waals surface area contributed by atoms with Gasteiger partial charge in [-0.1, -0.05) is 44.9 Å². The van der Waals surface area contributed by atoms with Gasteiger partial charge in [-0.3, -0.25) is 0 Å². The summed E-state index contributed by atoms with van der Waals surface area (Å²) in [7, 11) is 0. The monoisotopic (exact) mass is 306 g/mol. The maximum atomic E-state index is 6.34. The van der Waals surface area contributed by atoms with Crippen LogP contribution in [-0.4, -0.2) is 24.2 Å². The van der Waals surface area contributed by atoms with E-state index in [9.17, 15) is 0 Å². The van der Waals surface area contributed by atoms with Crippen molar-refractivity contribution in [2.45, 2.75) is 114 Å². The molecule has 0 aromatic heterocycles. The summed E-state index contributed by atoms with van der Waals surface area (Å²) < 4.78 is 6.34. The predicted octanol–water partition coefficient (Wildman–Crippen LogP) is 4.95. The number of nitrogens with one attached hydrogen (secondary N) is 1. The Labute approximate surface area is 136 Å². The van der Waals surface area contributed by atoms with Crippen LogP contribution < -0.4 is 5.32 Å². The van der Waals surface area contributed by atoms with Crippen LogP contribution in [0.3, 0.4) is 0 Å². The van der Waals surface area contributed by atoms with Crippen LogP contribution in [0.4, 0.5) is 0 Å². The molecule has 3 saturated carbocycles. The normalized spacial score (nSPS) is 26.8. The zero-order chi connectivity index (χ0) is 15.0. The van der Waals surface area contributed by atoms with Gasteiger partial charge in [0.05, 0.1) is 6.04 Å². The molecule has 0 aliphatic heterocycles. The van der Waals surface area contributed by atoms with E-state index in [-0.39, 0.29) is 0 Å². The van der Waals surface area contributed by atoms with Crippen molar-refractivity contribution >= 4 is 6.02 Å². The Kier molecular flexibility index (Phi) is 6.45. The van der Waals surface area contributed by atoms with Gasteiger partial charge in [-0.25, -0.2) is 4.99 Å². The summed E-state index contributed by atoms with van der Waals surface area (Å²) in [6.45, 7) is 0. The molecule has 0 aromatic carbocycles. The summed E-state index contributed by atoms with van der Waals surface area (Å²) >= 11 is 0. The smallest absolute Gasteiger partial charge is 0.285 e. The van der Waals surface area contributed by atoms with E-state index in [0.29, 0.717) is 18.2 Å². The highest BCUT2D eigenvalue weighted by atomic mass is 16.5. The highest BCUT2D eigenvalue weighted by molar-refractivity contribution is 5.74. The van der Waals surface area contributed by atoms with E-state index in [1.807, 2.05) is 0 Å². The molecule has 0 radical (unpaired) electrons. The number of amidine groups is 1. The van der Waals surface area contributed by atoms with Crippen molar-refractivity contribution in [3.8, 4) is 0 Å². The Morgan fingerprint density at radius 3 is 1.86 bits per heavy atom. The average Bonchev–Trinajstić information content (AvgIpc) is 2.57. The molecule has 0 unspecified atom stereocenters. The number of hydrogen-bond donors (Lipinski definition) is 1. The third-order valence-electron chi connectivity index (χ3n) is 5.64. The first-order valence-corrected chi connectivity index (χ1v) is 9.91. The van der Waals surface area contributed by atoms with Gasteiger partial charge >= 0.3 is 0 Å². The molecule has 3 heteroatoms. The zero-order valence-electron chi connectivity index (χ0n) is 14.2. The molecule has 0 aromatic rings. The van der Waals surface area contributed by atoms with Crippen molar-refractivity contribution in [3.05, 3.63) is 0 Å². The third kappa shape index (κ3) is 5.17. The summed E-state index contributed by atoms with van der Waals surface area (Å²) in [5.41, 5.74) is 0. The van der Waals surface area contributed by atoms with Crippen LogP contribution in [0.15, 0.2) is 4.99 Å². The predicted molar refractivity (Wildman–Crippen MR) is 92.3 cm³/mol. The molecule has 0 bridgehead atoms. The largest absolute Gasteiger partial charge is 0.462 e. The van der Waals surface area contributed by atoms with E-state index < -0.39 is 0 Å². The number of hydrogen-bond acceptors (Lipinski definition) is 2. The second-order valence-electron chi connectivity index (χ2n) is 7.58. The van der Waals surface area contributed by atoms with Gasteiger partial charge in [0.1, 0.15) is 6.10 Å². The maximum absolute atomic E-state index is 6.34. The Morgan fingerprint density at radius 2 is 1.23 bits per heavy atom. The highest BCUT2D eigenvalue weighted by Crippen LogP contribution is 2.24. The first kappa shape index (κ1) is 16.1. The minimum absolute atomic E-state index is 0.409. The molecule has 3 rings (SSSR count). The highest BCUT2D eigenvalue weighted by Gasteiger charge is 2.22. The molecule has 0 saturated heterocycles.